The molecule has 5 heteroatoms. The Hall–Kier alpha value is -1.88. The maximum Gasteiger partial charge on any atom is 0.265 e. The van der Waals surface area contributed by atoms with Crippen molar-refractivity contribution in [3.05, 3.63) is 28.6 Å². The summed E-state index contributed by atoms with van der Waals surface area (Å²) in [6, 6.07) is 6.04. The topological polar surface area (TPSA) is 42.4 Å². The summed E-state index contributed by atoms with van der Waals surface area (Å²) in [5, 5.41) is 3.26. The number of anilines is 1. The van der Waals surface area contributed by atoms with E-state index in [9.17, 15) is 4.79 Å². The minimum absolute atomic E-state index is 0.0423. The third-order valence-electron chi connectivity index (χ3n) is 4.20. The molecule has 3 rings (SSSR count). The molecular weight excluding hydrogens is 320 g/mol. The number of carbonyl (C=O) groups is 1. The molecule has 0 aliphatic carbocycles. The lowest BCUT2D eigenvalue weighted by Gasteiger charge is -2.29. The summed E-state index contributed by atoms with van der Waals surface area (Å²) < 4.78 is 5.60. The van der Waals surface area contributed by atoms with Gasteiger partial charge in [-0.05, 0) is 37.5 Å². The summed E-state index contributed by atoms with van der Waals surface area (Å²) in [6.07, 6.45) is 5.41. The molecule has 0 atom stereocenters. The minimum atomic E-state index is 0.0423. The number of ether oxygens (including phenoxy) is 1. The summed E-state index contributed by atoms with van der Waals surface area (Å²) in [5.74, 6) is 0.833. The smallest absolute Gasteiger partial charge is 0.265 e. The second-order valence-electron chi connectivity index (χ2n) is 6.10. The molecule has 128 valence electrons. The number of rotatable bonds is 7. The second-order valence-corrected chi connectivity index (χ2v) is 7.04. The molecule has 0 spiro atoms. The fraction of sp³-hybridized carbons (Fsp3) is 0.474. The first-order valence-corrected chi connectivity index (χ1v) is 9.63. The molecular formula is C19H24N2O2S. The maximum atomic E-state index is 12.3. The first-order chi connectivity index (χ1) is 11.7. The predicted molar refractivity (Wildman–Crippen MR) is 98.9 cm³/mol. The van der Waals surface area contributed by atoms with Crippen LogP contribution in [0.3, 0.4) is 0 Å². The second kappa shape index (κ2) is 7.79. The van der Waals surface area contributed by atoms with Crippen LogP contribution in [0.2, 0.25) is 0 Å². The van der Waals surface area contributed by atoms with Gasteiger partial charge in [0, 0.05) is 17.5 Å². The third kappa shape index (κ3) is 3.61. The SMILES string of the molecule is CCCCCN1C(=O)COc2ccc(-c3csc(CCC)n3)cc21. The van der Waals surface area contributed by atoms with Crippen molar-refractivity contribution in [1.29, 1.82) is 0 Å². The van der Waals surface area contributed by atoms with E-state index in [2.05, 4.69) is 19.2 Å². The Morgan fingerprint density at radius 2 is 2.12 bits per heavy atom. The average Bonchev–Trinajstić information content (AvgIpc) is 3.05. The Morgan fingerprint density at radius 3 is 2.92 bits per heavy atom. The van der Waals surface area contributed by atoms with Crippen LogP contribution in [0.4, 0.5) is 5.69 Å². The van der Waals surface area contributed by atoms with Gasteiger partial charge in [0.15, 0.2) is 6.61 Å². The monoisotopic (exact) mass is 344 g/mol. The molecule has 0 fully saturated rings. The number of hydrogen-bond acceptors (Lipinski definition) is 4. The van der Waals surface area contributed by atoms with E-state index >= 15 is 0 Å². The number of fused-ring (bicyclic) bond motifs is 1. The molecule has 2 heterocycles. The maximum absolute atomic E-state index is 12.3. The number of amides is 1. The van der Waals surface area contributed by atoms with Gasteiger partial charge in [0.1, 0.15) is 5.75 Å². The fourth-order valence-electron chi connectivity index (χ4n) is 2.90. The molecule has 1 aliphatic rings. The van der Waals surface area contributed by atoms with Crippen molar-refractivity contribution in [2.24, 2.45) is 0 Å². The zero-order chi connectivity index (χ0) is 16.9. The highest BCUT2D eigenvalue weighted by molar-refractivity contribution is 7.09. The van der Waals surface area contributed by atoms with Crippen LogP contribution in [-0.4, -0.2) is 24.0 Å². The van der Waals surface area contributed by atoms with E-state index in [1.54, 1.807) is 11.3 Å². The normalized spacial score (nSPS) is 13.8. The van der Waals surface area contributed by atoms with Crippen LogP contribution in [0.1, 0.15) is 44.5 Å². The lowest BCUT2D eigenvalue weighted by Crippen LogP contribution is -2.39. The summed E-state index contributed by atoms with van der Waals surface area (Å²) in [7, 11) is 0. The van der Waals surface area contributed by atoms with Gasteiger partial charge >= 0.3 is 0 Å². The van der Waals surface area contributed by atoms with Crippen molar-refractivity contribution < 1.29 is 9.53 Å². The Balaban J connectivity index is 1.87. The molecule has 0 N–H and O–H groups in total. The Morgan fingerprint density at radius 1 is 1.25 bits per heavy atom. The lowest BCUT2D eigenvalue weighted by molar-refractivity contribution is -0.121. The minimum Gasteiger partial charge on any atom is -0.482 e. The summed E-state index contributed by atoms with van der Waals surface area (Å²) in [4.78, 5) is 18.9. The number of unbranched alkanes of at least 4 members (excludes halogenated alkanes) is 2. The van der Waals surface area contributed by atoms with Crippen molar-refractivity contribution in [3.63, 3.8) is 0 Å². The van der Waals surface area contributed by atoms with Crippen LogP contribution < -0.4 is 9.64 Å². The van der Waals surface area contributed by atoms with Gasteiger partial charge in [-0.2, -0.15) is 0 Å². The number of thiazole rings is 1. The Labute approximate surface area is 147 Å². The fourth-order valence-corrected chi connectivity index (χ4v) is 3.81. The Kier molecular flexibility index (Phi) is 5.51. The largest absolute Gasteiger partial charge is 0.482 e. The van der Waals surface area contributed by atoms with Gasteiger partial charge in [-0.3, -0.25) is 4.79 Å². The summed E-state index contributed by atoms with van der Waals surface area (Å²) in [5.41, 5.74) is 2.91. The van der Waals surface area contributed by atoms with Crippen LogP contribution in [0.15, 0.2) is 23.6 Å². The standard InChI is InChI=1S/C19H24N2O2S/c1-3-5-6-10-21-16-11-14(8-9-17(16)23-12-19(21)22)15-13-24-18(20-15)7-4-2/h8-9,11,13H,3-7,10,12H2,1-2H3. The van der Waals surface area contributed by atoms with Crippen LogP contribution in [0.25, 0.3) is 11.3 Å². The van der Waals surface area contributed by atoms with Gasteiger partial charge in [0.25, 0.3) is 5.91 Å². The molecule has 4 nitrogen and oxygen atoms in total. The molecule has 1 aromatic carbocycles. The number of carbonyl (C=O) groups excluding carboxylic acids is 1. The summed E-state index contributed by atoms with van der Waals surface area (Å²) in [6.45, 7) is 5.22. The molecule has 24 heavy (non-hydrogen) atoms. The number of hydrogen-bond donors (Lipinski definition) is 0. The molecule has 0 saturated carbocycles. The third-order valence-corrected chi connectivity index (χ3v) is 5.11. The molecule has 0 bridgehead atoms. The van der Waals surface area contributed by atoms with E-state index in [4.69, 9.17) is 9.72 Å². The predicted octanol–water partition coefficient (Wildman–Crippen LogP) is 4.68. The number of aryl methyl sites for hydroxylation is 1. The number of benzene rings is 1. The van der Waals surface area contributed by atoms with Gasteiger partial charge in [-0.15, -0.1) is 11.3 Å². The van der Waals surface area contributed by atoms with Crippen molar-refractivity contribution >= 4 is 22.9 Å². The van der Waals surface area contributed by atoms with E-state index in [0.717, 1.165) is 66.4 Å². The molecule has 0 saturated heterocycles. The quantitative estimate of drug-likeness (QED) is 0.685. The lowest BCUT2D eigenvalue weighted by atomic mass is 10.1. The highest BCUT2D eigenvalue weighted by Gasteiger charge is 2.25. The molecule has 1 aromatic heterocycles. The van der Waals surface area contributed by atoms with E-state index in [1.807, 2.05) is 23.1 Å². The van der Waals surface area contributed by atoms with E-state index < -0.39 is 0 Å². The molecule has 2 aromatic rings. The van der Waals surface area contributed by atoms with Crippen LogP contribution >= 0.6 is 11.3 Å². The summed E-state index contributed by atoms with van der Waals surface area (Å²) >= 11 is 1.70. The first-order valence-electron chi connectivity index (χ1n) is 8.75. The van der Waals surface area contributed by atoms with E-state index in [0.29, 0.717) is 0 Å². The molecule has 0 unspecified atom stereocenters. The van der Waals surface area contributed by atoms with Crippen molar-refractivity contribution in [2.45, 2.75) is 46.0 Å². The van der Waals surface area contributed by atoms with Crippen molar-refractivity contribution in [2.75, 3.05) is 18.1 Å². The highest BCUT2D eigenvalue weighted by Crippen LogP contribution is 2.36. The molecule has 1 aliphatic heterocycles. The van der Waals surface area contributed by atoms with Crippen LogP contribution in [-0.2, 0) is 11.2 Å². The van der Waals surface area contributed by atoms with E-state index in [1.165, 1.54) is 0 Å². The number of nitrogens with zero attached hydrogens (tertiary/aromatic N) is 2. The van der Waals surface area contributed by atoms with E-state index in [-0.39, 0.29) is 12.5 Å². The van der Waals surface area contributed by atoms with Gasteiger partial charge in [-0.25, -0.2) is 4.98 Å². The van der Waals surface area contributed by atoms with Gasteiger partial charge in [0.05, 0.1) is 16.4 Å². The van der Waals surface area contributed by atoms with Crippen LogP contribution in [0, 0.1) is 0 Å². The first kappa shape index (κ1) is 17.0. The van der Waals surface area contributed by atoms with Crippen molar-refractivity contribution in [1.82, 2.24) is 4.98 Å². The van der Waals surface area contributed by atoms with Gasteiger partial charge in [0.2, 0.25) is 0 Å². The molecule has 0 radical (unpaired) electrons. The van der Waals surface area contributed by atoms with Crippen LogP contribution in [0.5, 0.6) is 5.75 Å². The highest BCUT2D eigenvalue weighted by atomic mass is 32.1. The zero-order valence-corrected chi connectivity index (χ0v) is 15.2. The molecule has 1 amide bonds. The zero-order valence-electron chi connectivity index (χ0n) is 14.4. The van der Waals surface area contributed by atoms with Gasteiger partial charge < -0.3 is 9.64 Å². The van der Waals surface area contributed by atoms with Gasteiger partial charge in [-0.1, -0.05) is 26.7 Å². The van der Waals surface area contributed by atoms with Crippen molar-refractivity contribution in [3.8, 4) is 17.0 Å². The number of aromatic nitrogens is 1. The average molecular weight is 344 g/mol. The Bertz CT molecular complexity index is 711.